The number of rotatable bonds is 4. The Hall–Kier alpha value is -1.91. The van der Waals surface area contributed by atoms with Gasteiger partial charge in [-0.3, -0.25) is 9.59 Å². The number of hydrogen-bond acceptors (Lipinski definition) is 2. The first-order chi connectivity index (χ1) is 9.83. The van der Waals surface area contributed by atoms with Crippen LogP contribution in [0.2, 0.25) is 0 Å². The molecule has 0 bridgehead atoms. The predicted molar refractivity (Wildman–Crippen MR) is 76.8 cm³/mol. The molecule has 114 valence electrons. The van der Waals surface area contributed by atoms with Gasteiger partial charge < -0.3 is 10.4 Å². The molecular formula is C16H20FNO3. The van der Waals surface area contributed by atoms with Crippen molar-refractivity contribution in [1.82, 2.24) is 5.32 Å². The van der Waals surface area contributed by atoms with Crippen LogP contribution in [0.3, 0.4) is 0 Å². The Balaban J connectivity index is 2.21. The quantitative estimate of drug-likeness (QED) is 0.897. The van der Waals surface area contributed by atoms with Gasteiger partial charge in [0.1, 0.15) is 5.82 Å². The Kier molecular flexibility index (Phi) is 4.30. The molecule has 0 atom stereocenters. The number of aliphatic carboxylic acids is 1. The van der Waals surface area contributed by atoms with Gasteiger partial charge in [-0.15, -0.1) is 0 Å². The van der Waals surface area contributed by atoms with Gasteiger partial charge in [-0.25, -0.2) is 4.39 Å². The van der Waals surface area contributed by atoms with Crippen molar-refractivity contribution < 1.29 is 19.1 Å². The van der Waals surface area contributed by atoms with Crippen molar-refractivity contribution in [2.75, 3.05) is 0 Å². The van der Waals surface area contributed by atoms with Gasteiger partial charge in [0, 0.05) is 5.56 Å². The molecule has 1 aromatic carbocycles. The largest absolute Gasteiger partial charge is 0.481 e. The molecule has 1 fully saturated rings. The fourth-order valence-electron chi connectivity index (χ4n) is 3.08. The molecule has 1 saturated carbocycles. The van der Waals surface area contributed by atoms with Gasteiger partial charge in [-0.1, -0.05) is 12.8 Å². The second-order valence-electron chi connectivity index (χ2n) is 5.94. The SMILES string of the molecule is Cc1cc(C(=O)NC2(CC(=O)O)CCCC2)cc(C)c1F. The van der Waals surface area contributed by atoms with Crippen LogP contribution in [0.4, 0.5) is 4.39 Å². The normalized spacial score (nSPS) is 16.7. The van der Waals surface area contributed by atoms with Crippen molar-refractivity contribution in [3.63, 3.8) is 0 Å². The number of hydrogen-bond donors (Lipinski definition) is 2. The standard InChI is InChI=1S/C16H20FNO3/c1-10-7-12(8-11(2)14(10)17)15(21)18-16(9-13(19)20)5-3-4-6-16/h7-8H,3-6,9H2,1-2H3,(H,18,21)(H,19,20). The van der Waals surface area contributed by atoms with Crippen LogP contribution in [0.25, 0.3) is 0 Å². The molecule has 0 unspecified atom stereocenters. The summed E-state index contributed by atoms with van der Waals surface area (Å²) in [6.45, 7) is 3.23. The molecule has 21 heavy (non-hydrogen) atoms. The number of benzene rings is 1. The summed E-state index contributed by atoms with van der Waals surface area (Å²) < 4.78 is 13.6. The smallest absolute Gasteiger partial charge is 0.305 e. The monoisotopic (exact) mass is 293 g/mol. The molecule has 1 amide bonds. The highest BCUT2D eigenvalue weighted by molar-refractivity contribution is 5.95. The number of amides is 1. The summed E-state index contributed by atoms with van der Waals surface area (Å²) in [5.74, 6) is -1.55. The van der Waals surface area contributed by atoms with E-state index in [1.54, 1.807) is 13.8 Å². The molecule has 2 N–H and O–H groups in total. The zero-order valence-electron chi connectivity index (χ0n) is 12.3. The van der Waals surface area contributed by atoms with Gasteiger partial charge in [0.25, 0.3) is 5.91 Å². The summed E-state index contributed by atoms with van der Waals surface area (Å²) in [5.41, 5.74) is 0.542. The maximum atomic E-state index is 13.6. The summed E-state index contributed by atoms with van der Waals surface area (Å²) in [6.07, 6.45) is 3.09. The number of carboxylic acids is 1. The molecule has 1 aromatic rings. The lowest BCUT2D eigenvalue weighted by molar-refractivity contribution is -0.138. The van der Waals surface area contributed by atoms with Gasteiger partial charge >= 0.3 is 5.97 Å². The second-order valence-corrected chi connectivity index (χ2v) is 5.94. The Morgan fingerprint density at radius 1 is 1.24 bits per heavy atom. The number of carboxylic acid groups (broad SMARTS) is 1. The lowest BCUT2D eigenvalue weighted by Gasteiger charge is -2.28. The van der Waals surface area contributed by atoms with Crippen LogP contribution in [-0.4, -0.2) is 22.5 Å². The third-order valence-corrected chi connectivity index (χ3v) is 4.13. The van der Waals surface area contributed by atoms with Crippen molar-refractivity contribution in [1.29, 1.82) is 0 Å². The summed E-state index contributed by atoms with van der Waals surface area (Å²) in [4.78, 5) is 23.4. The van der Waals surface area contributed by atoms with Crippen LogP contribution in [0.1, 0.15) is 53.6 Å². The van der Waals surface area contributed by atoms with E-state index in [0.717, 1.165) is 12.8 Å². The Morgan fingerprint density at radius 3 is 2.24 bits per heavy atom. The first-order valence-electron chi connectivity index (χ1n) is 7.14. The third kappa shape index (κ3) is 3.40. The Labute approximate surface area is 123 Å². The highest BCUT2D eigenvalue weighted by atomic mass is 19.1. The number of carbonyl (C=O) groups excluding carboxylic acids is 1. The average Bonchev–Trinajstić information content (AvgIpc) is 2.82. The maximum absolute atomic E-state index is 13.6. The first-order valence-corrected chi connectivity index (χ1v) is 7.14. The molecule has 5 heteroatoms. The molecule has 0 spiro atoms. The number of halogens is 1. The lowest BCUT2D eigenvalue weighted by Crippen LogP contribution is -2.47. The first kappa shape index (κ1) is 15.5. The molecule has 0 aromatic heterocycles. The van der Waals surface area contributed by atoms with Crippen molar-refractivity contribution >= 4 is 11.9 Å². The third-order valence-electron chi connectivity index (χ3n) is 4.13. The van der Waals surface area contributed by atoms with Crippen LogP contribution in [0, 0.1) is 19.7 Å². The molecule has 0 radical (unpaired) electrons. The van der Waals surface area contributed by atoms with Crippen molar-refractivity contribution in [3.05, 3.63) is 34.6 Å². The average molecular weight is 293 g/mol. The molecule has 1 aliphatic carbocycles. The van der Waals surface area contributed by atoms with E-state index in [9.17, 15) is 14.0 Å². The van der Waals surface area contributed by atoms with E-state index < -0.39 is 11.5 Å². The van der Waals surface area contributed by atoms with Crippen LogP contribution >= 0.6 is 0 Å². The van der Waals surface area contributed by atoms with Crippen molar-refractivity contribution in [2.45, 2.75) is 51.5 Å². The fourth-order valence-corrected chi connectivity index (χ4v) is 3.08. The van der Waals surface area contributed by atoms with E-state index in [0.29, 0.717) is 29.5 Å². The van der Waals surface area contributed by atoms with Crippen molar-refractivity contribution in [2.24, 2.45) is 0 Å². The van der Waals surface area contributed by atoms with E-state index in [-0.39, 0.29) is 18.1 Å². The van der Waals surface area contributed by atoms with Crippen LogP contribution in [-0.2, 0) is 4.79 Å². The van der Waals surface area contributed by atoms with E-state index >= 15 is 0 Å². The number of carbonyl (C=O) groups is 2. The zero-order chi connectivity index (χ0) is 15.6. The Morgan fingerprint density at radius 2 is 1.76 bits per heavy atom. The highest BCUT2D eigenvalue weighted by Crippen LogP contribution is 2.33. The molecule has 0 saturated heterocycles. The predicted octanol–water partition coefficient (Wildman–Crippen LogP) is 2.96. The minimum Gasteiger partial charge on any atom is -0.481 e. The van der Waals surface area contributed by atoms with Gasteiger partial charge in [-0.05, 0) is 49.9 Å². The van der Waals surface area contributed by atoms with Crippen molar-refractivity contribution in [3.8, 4) is 0 Å². The topological polar surface area (TPSA) is 66.4 Å². The molecule has 0 heterocycles. The summed E-state index contributed by atoms with van der Waals surface area (Å²) in [7, 11) is 0. The van der Waals surface area contributed by atoms with E-state index in [2.05, 4.69) is 5.32 Å². The molecule has 2 rings (SSSR count). The molecule has 0 aliphatic heterocycles. The number of nitrogens with one attached hydrogen (secondary N) is 1. The Bertz CT molecular complexity index is 554. The molecule has 4 nitrogen and oxygen atoms in total. The molecule has 1 aliphatic rings. The fraction of sp³-hybridized carbons (Fsp3) is 0.500. The van der Waals surface area contributed by atoms with E-state index in [1.165, 1.54) is 12.1 Å². The number of aryl methyl sites for hydroxylation is 2. The summed E-state index contributed by atoms with van der Waals surface area (Å²) >= 11 is 0. The van der Waals surface area contributed by atoms with Gasteiger partial charge in [0.15, 0.2) is 0 Å². The minimum absolute atomic E-state index is 0.0715. The van der Waals surface area contributed by atoms with Crippen LogP contribution < -0.4 is 5.32 Å². The van der Waals surface area contributed by atoms with E-state index in [1.807, 2.05) is 0 Å². The van der Waals surface area contributed by atoms with Gasteiger partial charge in [0.2, 0.25) is 0 Å². The highest BCUT2D eigenvalue weighted by Gasteiger charge is 2.37. The second kappa shape index (κ2) is 5.84. The molecular weight excluding hydrogens is 273 g/mol. The zero-order valence-corrected chi connectivity index (χ0v) is 12.3. The minimum atomic E-state index is -0.913. The van der Waals surface area contributed by atoms with Gasteiger partial charge in [0.05, 0.1) is 12.0 Å². The lowest BCUT2D eigenvalue weighted by atomic mass is 9.92. The summed E-state index contributed by atoms with van der Waals surface area (Å²) in [5, 5.41) is 11.9. The summed E-state index contributed by atoms with van der Waals surface area (Å²) in [6, 6.07) is 3.00. The van der Waals surface area contributed by atoms with Crippen LogP contribution in [0.15, 0.2) is 12.1 Å². The van der Waals surface area contributed by atoms with Crippen LogP contribution in [0.5, 0.6) is 0 Å². The van der Waals surface area contributed by atoms with E-state index in [4.69, 9.17) is 5.11 Å². The maximum Gasteiger partial charge on any atom is 0.305 e. The van der Waals surface area contributed by atoms with Gasteiger partial charge in [-0.2, -0.15) is 0 Å².